The van der Waals surface area contributed by atoms with Gasteiger partial charge in [-0.05, 0) is 55.3 Å². The molecule has 6 heteroatoms. The maximum atomic E-state index is 13.2. The van der Waals surface area contributed by atoms with Crippen molar-refractivity contribution in [2.75, 3.05) is 10.6 Å². The summed E-state index contributed by atoms with van der Waals surface area (Å²) < 4.78 is 13.2. The largest absolute Gasteiger partial charge is 0.340 e. The first-order valence-electron chi connectivity index (χ1n) is 7.74. The molecule has 0 atom stereocenters. The summed E-state index contributed by atoms with van der Waals surface area (Å²) in [5.41, 5.74) is 3.70. The van der Waals surface area contributed by atoms with E-state index in [4.69, 9.17) is 0 Å². The van der Waals surface area contributed by atoms with Crippen molar-refractivity contribution in [1.82, 2.24) is 9.97 Å². The predicted octanol–water partition coefficient (Wildman–Crippen LogP) is 4.23. The summed E-state index contributed by atoms with van der Waals surface area (Å²) in [7, 11) is 0. The third kappa shape index (κ3) is 4.17. The number of rotatable bonds is 4. The summed E-state index contributed by atoms with van der Waals surface area (Å²) in [6, 6.07) is 13.2. The van der Waals surface area contributed by atoms with Crippen LogP contribution in [0.1, 0.15) is 21.6 Å². The van der Waals surface area contributed by atoms with E-state index in [1.165, 1.54) is 24.5 Å². The topological polar surface area (TPSA) is 66.9 Å². The average Bonchev–Trinajstić information content (AvgIpc) is 2.58. The van der Waals surface area contributed by atoms with Gasteiger partial charge in [-0.25, -0.2) is 14.4 Å². The number of nitrogens with zero attached hydrogens (tertiary/aromatic N) is 2. The second-order valence-corrected chi connectivity index (χ2v) is 5.68. The Kier molecular flexibility index (Phi) is 4.70. The Morgan fingerprint density at radius 1 is 0.960 bits per heavy atom. The second kappa shape index (κ2) is 7.09. The molecule has 3 rings (SSSR count). The SMILES string of the molecule is Cc1ccc(NC(=O)c2cc(Nc3cccc(F)c3)ncn2)cc1C. The molecule has 2 N–H and O–H groups in total. The zero-order valence-electron chi connectivity index (χ0n) is 13.9. The maximum absolute atomic E-state index is 13.2. The number of aromatic nitrogens is 2. The van der Waals surface area contributed by atoms with Crippen molar-refractivity contribution in [3.63, 3.8) is 0 Å². The zero-order chi connectivity index (χ0) is 17.8. The molecule has 0 unspecified atom stereocenters. The van der Waals surface area contributed by atoms with E-state index in [1.807, 2.05) is 32.0 Å². The van der Waals surface area contributed by atoms with Gasteiger partial charge in [0.05, 0.1) is 0 Å². The minimum absolute atomic E-state index is 0.215. The highest BCUT2D eigenvalue weighted by molar-refractivity contribution is 6.03. The van der Waals surface area contributed by atoms with Gasteiger partial charge >= 0.3 is 0 Å². The minimum Gasteiger partial charge on any atom is -0.340 e. The lowest BCUT2D eigenvalue weighted by Gasteiger charge is -2.09. The van der Waals surface area contributed by atoms with Crippen LogP contribution in [0.4, 0.5) is 21.6 Å². The Morgan fingerprint density at radius 2 is 1.80 bits per heavy atom. The quantitative estimate of drug-likeness (QED) is 0.748. The van der Waals surface area contributed by atoms with Gasteiger partial charge in [0, 0.05) is 17.4 Å². The first kappa shape index (κ1) is 16.6. The normalized spacial score (nSPS) is 10.4. The summed E-state index contributed by atoms with van der Waals surface area (Å²) in [5, 5.41) is 5.76. The molecular formula is C19H17FN4O. The highest BCUT2D eigenvalue weighted by Crippen LogP contribution is 2.17. The number of amides is 1. The Bertz CT molecular complexity index is 927. The number of nitrogens with one attached hydrogen (secondary N) is 2. The van der Waals surface area contributed by atoms with Gasteiger partial charge in [-0.15, -0.1) is 0 Å². The molecule has 0 aliphatic carbocycles. The molecular weight excluding hydrogens is 319 g/mol. The Labute approximate surface area is 145 Å². The smallest absolute Gasteiger partial charge is 0.274 e. The van der Waals surface area contributed by atoms with Crippen LogP contribution in [-0.4, -0.2) is 15.9 Å². The molecule has 126 valence electrons. The van der Waals surface area contributed by atoms with E-state index in [9.17, 15) is 9.18 Å². The Hall–Kier alpha value is -3.28. The van der Waals surface area contributed by atoms with E-state index in [0.29, 0.717) is 17.2 Å². The van der Waals surface area contributed by atoms with Crippen molar-refractivity contribution in [2.45, 2.75) is 13.8 Å². The predicted molar refractivity (Wildman–Crippen MR) is 95.6 cm³/mol. The molecule has 0 aliphatic rings. The van der Waals surface area contributed by atoms with Crippen molar-refractivity contribution < 1.29 is 9.18 Å². The number of aryl methyl sites for hydroxylation is 2. The molecule has 5 nitrogen and oxygen atoms in total. The van der Waals surface area contributed by atoms with Gasteiger partial charge in [0.25, 0.3) is 5.91 Å². The summed E-state index contributed by atoms with van der Waals surface area (Å²) in [5.74, 6) is -0.287. The Balaban J connectivity index is 1.76. The molecule has 2 aromatic carbocycles. The van der Waals surface area contributed by atoms with Crippen LogP contribution in [0.5, 0.6) is 0 Å². The molecule has 0 saturated heterocycles. The summed E-state index contributed by atoms with van der Waals surface area (Å²) in [4.78, 5) is 20.4. The minimum atomic E-state index is -0.355. The van der Waals surface area contributed by atoms with Crippen molar-refractivity contribution in [3.05, 3.63) is 77.5 Å². The fourth-order valence-electron chi connectivity index (χ4n) is 2.28. The Morgan fingerprint density at radius 3 is 2.56 bits per heavy atom. The molecule has 0 radical (unpaired) electrons. The lowest BCUT2D eigenvalue weighted by atomic mass is 10.1. The summed E-state index contributed by atoms with van der Waals surface area (Å²) in [6.45, 7) is 3.99. The van der Waals surface area contributed by atoms with Crippen LogP contribution in [0.15, 0.2) is 54.9 Å². The fraction of sp³-hybridized carbons (Fsp3) is 0.105. The number of halogens is 1. The lowest BCUT2D eigenvalue weighted by Crippen LogP contribution is -2.14. The van der Waals surface area contributed by atoms with Gasteiger partial charge in [0.2, 0.25) is 0 Å². The van der Waals surface area contributed by atoms with Crippen LogP contribution < -0.4 is 10.6 Å². The van der Waals surface area contributed by atoms with Crippen LogP contribution in [-0.2, 0) is 0 Å². The second-order valence-electron chi connectivity index (χ2n) is 5.68. The van der Waals surface area contributed by atoms with Crippen molar-refractivity contribution in [1.29, 1.82) is 0 Å². The molecule has 3 aromatic rings. The van der Waals surface area contributed by atoms with E-state index in [0.717, 1.165) is 11.1 Å². The maximum Gasteiger partial charge on any atom is 0.274 e. The molecule has 0 saturated carbocycles. The third-order valence-corrected chi connectivity index (χ3v) is 3.76. The molecule has 1 aromatic heterocycles. The molecule has 1 heterocycles. The first-order chi connectivity index (χ1) is 12.0. The number of anilines is 3. The standard InChI is InChI=1S/C19H17FN4O/c1-12-6-7-16(8-13(12)2)24-19(25)17-10-18(22-11-21-17)23-15-5-3-4-14(20)9-15/h3-11H,1-2H3,(H,24,25)(H,21,22,23). The molecule has 0 spiro atoms. The first-order valence-corrected chi connectivity index (χ1v) is 7.74. The van der Waals surface area contributed by atoms with Crippen molar-refractivity contribution in [3.8, 4) is 0 Å². The zero-order valence-corrected chi connectivity index (χ0v) is 13.9. The average molecular weight is 336 g/mol. The van der Waals surface area contributed by atoms with Gasteiger partial charge in [-0.1, -0.05) is 12.1 Å². The monoisotopic (exact) mass is 336 g/mol. The van der Waals surface area contributed by atoms with Crippen molar-refractivity contribution >= 4 is 23.1 Å². The van der Waals surface area contributed by atoms with Crippen LogP contribution in [0.25, 0.3) is 0 Å². The van der Waals surface area contributed by atoms with Gasteiger partial charge in [0.15, 0.2) is 0 Å². The molecule has 1 amide bonds. The van der Waals surface area contributed by atoms with E-state index < -0.39 is 0 Å². The number of hydrogen-bond donors (Lipinski definition) is 2. The highest BCUT2D eigenvalue weighted by atomic mass is 19.1. The highest BCUT2D eigenvalue weighted by Gasteiger charge is 2.10. The summed E-state index contributed by atoms with van der Waals surface area (Å²) >= 11 is 0. The molecule has 25 heavy (non-hydrogen) atoms. The number of benzene rings is 2. The lowest BCUT2D eigenvalue weighted by molar-refractivity contribution is 0.102. The van der Waals surface area contributed by atoms with Gasteiger partial charge in [-0.2, -0.15) is 0 Å². The van der Waals surface area contributed by atoms with Gasteiger partial charge in [-0.3, -0.25) is 4.79 Å². The van der Waals surface area contributed by atoms with E-state index in [2.05, 4.69) is 20.6 Å². The van der Waals surface area contributed by atoms with Crippen LogP contribution in [0.2, 0.25) is 0 Å². The van der Waals surface area contributed by atoms with Crippen LogP contribution in [0, 0.1) is 19.7 Å². The summed E-state index contributed by atoms with van der Waals surface area (Å²) in [6.07, 6.45) is 1.29. The van der Waals surface area contributed by atoms with Crippen molar-refractivity contribution in [2.24, 2.45) is 0 Å². The van der Waals surface area contributed by atoms with Gasteiger partial charge < -0.3 is 10.6 Å². The molecule has 0 aliphatic heterocycles. The van der Waals surface area contributed by atoms with E-state index in [-0.39, 0.29) is 17.4 Å². The van der Waals surface area contributed by atoms with E-state index >= 15 is 0 Å². The van der Waals surface area contributed by atoms with Crippen LogP contribution >= 0.6 is 0 Å². The van der Waals surface area contributed by atoms with E-state index in [1.54, 1.807) is 12.1 Å². The third-order valence-electron chi connectivity index (χ3n) is 3.76. The number of carbonyl (C=O) groups excluding carboxylic acids is 1. The molecule has 0 fully saturated rings. The van der Waals surface area contributed by atoms with Crippen LogP contribution in [0.3, 0.4) is 0 Å². The number of hydrogen-bond acceptors (Lipinski definition) is 4. The van der Waals surface area contributed by atoms with Gasteiger partial charge in [0.1, 0.15) is 23.7 Å². The fourth-order valence-corrected chi connectivity index (χ4v) is 2.28. The molecule has 0 bridgehead atoms. The number of carbonyl (C=O) groups is 1.